The molecule has 2 heterocycles. The highest BCUT2D eigenvalue weighted by Gasteiger charge is 2.56. The number of amides is 1. The minimum absolute atomic E-state index is 0.0215. The molecule has 128 valence electrons. The summed E-state index contributed by atoms with van der Waals surface area (Å²) < 4.78 is 0. The van der Waals surface area contributed by atoms with E-state index in [1.807, 2.05) is 23.1 Å². The van der Waals surface area contributed by atoms with Crippen LogP contribution in [0.1, 0.15) is 37.8 Å². The number of likely N-dealkylation sites (tertiary alicyclic amines) is 1. The Morgan fingerprint density at radius 2 is 1.88 bits per heavy atom. The maximum absolute atomic E-state index is 12.9. The van der Waals surface area contributed by atoms with Gasteiger partial charge in [-0.15, -0.1) is 0 Å². The third-order valence-electron chi connectivity index (χ3n) is 5.45. The van der Waals surface area contributed by atoms with Gasteiger partial charge in [-0.1, -0.05) is 60.2 Å². The first-order valence-electron chi connectivity index (χ1n) is 8.93. The van der Waals surface area contributed by atoms with Crippen LogP contribution in [-0.2, 0) is 16.8 Å². The van der Waals surface area contributed by atoms with Crippen LogP contribution in [0, 0.1) is 0 Å². The molecular weight excluding hydrogens is 308 g/mol. The molecule has 3 heteroatoms. The maximum atomic E-state index is 12.9. The summed E-state index contributed by atoms with van der Waals surface area (Å²) >= 11 is 0. The average molecular weight is 332 g/mol. The third-order valence-corrected chi connectivity index (χ3v) is 5.45. The summed E-state index contributed by atoms with van der Waals surface area (Å²) in [5, 5.41) is 3.64. The highest BCUT2D eigenvalue weighted by atomic mass is 16.2. The minimum Gasteiger partial charge on any atom is -0.364 e. The molecule has 0 bridgehead atoms. The molecule has 0 radical (unpaired) electrons. The van der Waals surface area contributed by atoms with E-state index in [0.717, 1.165) is 6.42 Å². The van der Waals surface area contributed by atoms with Crippen LogP contribution in [0.5, 0.6) is 0 Å². The average Bonchev–Trinajstić information content (AvgIpc) is 3.06. The topological polar surface area (TPSA) is 32.3 Å². The van der Waals surface area contributed by atoms with Crippen LogP contribution >= 0.6 is 0 Å². The quantitative estimate of drug-likeness (QED) is 0.838. The maximum Gasteiger partial charge on any atom is 0.225 e. The zero-order valence-corrected chi connectivity index (χ0v) is 14.8. The Bertz CT molecular complexity index is 823. The van der Waals surface area contributed by atoms with Crippen molar-refractivity contribution in [2.24, 2.45) is 0 Å². The number of fused-ring (bicyclic) bond motifs is 3. The van der Waals surface area contributed by atoms with Crippen LogP contribution in [0.2, 0.25) is 0 Å². The predicted molar refractivity (Wildman–Crippen MR) is 101 cm³/mol. The second-order valence-electron chi connectivity index (χ2n) is 7.42. The third kappa shape index (κ3) is 2.64. The summed E-state index contributed by atoms with van der Waals surface area (Å²) in [4.78, 5) is 14.9. The lowest BCUT2D eigenvalue weighted by Crippen LogP contribution is -2.43. The first-order chi connectivity index (χ1) is 12.1. The number of hydrogen-bond donors (Lipinski definition) is 1. The van der Waals surface area contributed by atoms with Crippen molar-refractivity contribution in [2.75, 3.05) is 5.32 Å². The second-order valence-corrected chi connectivity index (χ2v) is 7.42. The standard InChI is InChI=1S/C22H24N2O/c1-16(2)12-13-22-14-20(25)24(15-17-8-4-3-5-9-17)21(22)23-19-11-7-6-10-18(19)22/h3-12,21,23H,13-15H2,1-2H3/t21-,22-/m0/s1. The summed E-state index contributed by atoms with van der Waals surface area (Å²) in [5.74, 6) is 0.234. The molecule has 0 aliphatic carbocycles. The van der Waals surface area contributed by atoms with Crippen molar-refractivity contribution >= 4 is 11.6 Å². The molecule has 1 N–H and O–H groups in total. The second kappa shape index (κ2) is 6.07. The smallest absolute Gasteiger partial charge is 0.225 e. The Morgan fingerprint density at radius 3 is 2.64 bits per heavy atom. The molecule has 0 unspecified atom stereocenters. The van der Waals surface area contributed by atoms with Crippen LogP contribution in [0.15, 0.2) is 66.2 Å². The Labute approximate surface area is 149 Å². The van der Waals surface area contributed by atoms with Gasteiger partial charge in [-0.3, -0.25) is 4.79 Å². The number of para-hydroxylation sites is 1. The summed E-state index contributed by atoms with van der Waals surface area (Å²) in [6, 6.07) is 18.7. The van der Waals surface area contributed by atoms with Crippen LogP contribution in [0.3, 0.4) is 0 Å². The molecule has 2 aliphatic heterocycles. The van der Waals surface area contributed by atoms with Gasteiger partial charge in [0.05, 0.1) is 0 Å². The molecule has 2 aromatic rings. The molecule has 0 aromatic heterocycles. The van der Waals surface area contributed by atoms with Gasteiger partial charge in [0.25, 0.3) is 0 Å². The summed E-state index contributed by atoms with van der Waals surface area (Å²) in [6.45, 7) is 4.90. The summed E-state index contributed by atoms with van der Waals surface area (Å²) in [6.07, 6.45) is 3.75. The van der Waals surface area contributed by atoms with E-state index in [2.05, 4.69) is 61.6 Å². The number of hydrogen-bond acceptors (Lipinski definition) is 2. The van der Waals surface area contributed by atoms with Gasteiger partial charge in [0.2, 0.25) is 5.91 Å². The summed E-state index contributed by atoms with van der Waals surface area (Å²) in [7, 11) is 0. The lowest BCUT2D eigenvalue weighted by atomic mass is 9.76. The molecule has 0 saturated carbocycles. The van der Waals surface area contributed by atoms with E-state index in [4.69, 9.17) is 0 Å². The lowest BCUT2D eigenvalue weighted by molar-refractivity contribution is -0.129. The van der Waals surface area contributed by atoms with E-state index in [-0.39, 0.29) is 17.5 Å². The number of nitrogens with zero attached hydrogens (tertiary/aromatic N) is 1. The Hall–Kier alpha value is -2.55. The van der Waals surface area contributed by atoms with Gasteiger partial charge in [-0.25, -0.2) is 0 Å². The number of benzene rings is 2. The largest absolute Gasteiger partial charge is 0.364 e. The van der Waals surface area contributed by atoms with E-state index < -0.39 is 0 Å². The van der Waals surface area contributed by atoms with Crippen LogP contribution < -0.4 is 5.32 Å². The summed E-state index contributed by atoms with van der Waals surface area (Å²) in [5.41, 5.74) is 4.75. The zero-order valence-electron chi connectivity index (χ0n) is 14.8. The van der Waals surface area contributed by atoms with Crippen molar-refractivity contribution in [1.29, 1.82) is 0 Å². The van der Waals surface area contributed by atoms with E-state index >= 15 is 0 Å². The van der Waals surface area contributed by atoms with Crippen molar-refractivity contribution < 1.29 is 4.79 Å². The van der Waals surface area contributed by atoms with Crippen LogP contribution in [0.4, 0.5) is 5.69 Å². The fourth-order valence-corrected chi connectivity index (χ4v) is 4.20. The van der Waals surface area contributed by atoms with Crippen molar-refractivity contribution in [3.63, 3.8) is 0 Å². The predicted octanol–water partition coefficient (Wildman–Crippen LogP) is 4.46. The zero-order chi connectivity index (χ0) is 17.4. The van der Waals surface area contributed by atoms with E-state index in [0.29, 0.717) is 13.0 Å². The molecule has 1 saturated heterocycles. The van der Waals surface area contributed by atoms with Gasteiger partial charge >= 0.3 is 0 Å². The molecule has 3 nitrogen and oxygen atoms in total. The highest BCUT2D eigenvalue weighted by Crippen LogP contribution is 2.51. The molecule has 2 aliphatic rings. The SMILES string of the molecule is CC(C)=CC[C@@]12CC(=O)N(Cc3ccccc3)[C@@H]1Nc1ccccc12. The van der Waals surface area contributed by atoms with E-state index in [9.17, 15) is 4.79 Å². The number of allylic oxidation sites excluding steroid dienone is 2. The van der Waals surface area contributed by atoms with Gasteiger partial charge in [-0.2, -0.15) is 0 Å². The minimum atomic E-state index is -0.167. The molecule has 2 atom stereocenters. The van der Waals surface area contributed by atoms with Gasteiger partial charge in [0.15, 0.2) is 0 Å². The molecular formula is C22H24N2O. The van der Waals surface area contributed by atoms with Gasteiger partial charge in [-0.05, 0) is 37.5 Å². The molecule has 1 amide bonds. The van der Waals surface area contributed by atoms with Crippen molar-refractivity contribution in [3.05, 3.63) is 77.4 Å². The fourth-order valence-electron chi connectivity index (χ4n) is 4.20. The molecule has 0 spiro atoms. The van der Waals surface area contributed by atoms with Crippen LogP contribution in [0.25, 0.3) is 0 Å². The highest BCUT2D eigenvalue weighted by molar-refractivity contribution is 5.85. The first-order valence-corrected chi connectivity index (χ1v) is 8.93. The van der Waals surface area contributed by atoms with Gasteiger partial charge < -0.3 is 10.2 Å². The van der Waals surface area contributed by atoms with E-state index in [1.165, 1.54) is 22.4 Å². The van der Waals surface area contributed by atoms with Crippen molar-refractivity contribution in [3.8, 4) is 0 Å². The van der Waals surface area contributed by atoms with Gasteiger partial charge in [0.1, 0.15) is 6.17 Å². The molecule has 1 fully saturated rings. The number of rotatable bonds is 4. The number of nitrogens with one attached hydrogen (secondary N) is 1. The monoisotopic (exact) mass is 332 g/mol. The number of anilines is 1. The molecule has 25 heavy (non-hydrogen) atoms. The molecule has 4 rings (SSSR count). The van der Waals surface area contributed by atoms with E-state index in [1.54, 1.807) is 0 Å². The lowest BCUT2D eigenvalue weighted by Gasteiger charge is -2.32. The normalized spacial score (nSPS) is 23.8. The van der Waals surface area contributed by atoms with Gasteiger partial charge in [0, 0.05) is 24.1 Å². The van der Waals surface area contributed by atoms with Crippen LogP contribution in [-0.4, -0.2) is 17.0 Å². The Kier molecular flexibility index (Phi) is 3.87. The molecule has 2 aromatic carbocycles. The Morgan fingerprint density at radius 1 is 1.16 bits per heavy atom. The Balaban J connectivity index is 1.73. The van der Waals surface area contributed by atoms with Crippen molar-refractivity contribution in [2.45, 2.75) is 44.8 Å². The number of carbonyl (C=O) groups excluding carboxylic acids is 1. The first kappa shape index (κ1) is 15.9. The van der Waals surface area contributed by atoms with Crippen molar-refractivity contribution in [1.82, 2.24) is 4.90 Å². The fraction of sp³-hybridized carbons (Fsp3) is 0.318. The number of carbonyl (C=O) groups is 1.